The lowest BCUT2D eigenvalue weighted by atomic mass is 10.1. The normalized spacial score (nSPS) is 18.6. The molecule has 1 aliphatic rings. The number of hydrogen-bond acceptors (Lipinski definition) is 2. The molecule has 0 aliphatic carbocycles. The first-order valence-electron chi connectivity index (χ1n) is 6.49. The summed E-state index contributed by atoms with van der Waals surface area (Å²) in [6.45, 7) is 3.66. The molecule has 2 N–H and O–H groups in total. The largest absolute Gasteiger partial charge is 0.323 e. The fraction of sp³-hybridized carbons (Fsp3) is 0.500. The highest BCUT2D eigenvalue weighted by molar-refractivity contribution is 5.89. The van der Waals surface area contributed by atoms with Crippen molar-refractivity contribution in [2.45, 2.75) is 25.8 Å². The second-order valence-corrected chi connectivity index (χ2v) is 4.87. The van der Waals surface area contributed by atoms with Gasteiger partial charge in [-0.2, -0.15) is 0 Å². The molecule has 19 heavy (non-hydrogen) atoms. The van der Waals surface area contributed by atoms with Crippen LogP contribution in [0.2, 0.25) is 0 Å². The lowest BCUT2D eigenvalue weighted by Crippen LogP contribution is -2.48. The number of benzene rings is 1. The number of piperidine rings is 1. The number of halogens is 1. The molecule has 1 saturated heterocycles. The summed E-state index contributed by atoms with van der Waals surface area (Å²) in [5, 5.41) is 6.18. The standard InChI is InChI=1S/C14H21N3O.ClH/c1-11-5-7-12(8-6-11)16-14(18)17-9-3-4-13(10-17)15-2;/h5-8,13,15H,3-4,9-10H2,1-2H3,(H,16,18);1H/t13-;/m1./s1. The number of carbonyl (C=O) groups excluding carboxylic acids is 1. The van der Waals surface area contributed by atoms with Gasteiger partial charge in [0.15, 0.2) is 0 Å². The topological polar surface area (TPSA) is 44.4 Å². The van der Waals surface area contributed by atoms with E-state index in [2.05, 4.69) is 10.6 Å². The van der Waals surface area contributed by atoms with Crippen molar-refractivity contribution >= 4 is 24.1 Å². The molecule has 2 amide bonds. The van der Waals surface area contributed by atoms with Gasteiger partial charge in [0, 0.05) is 24.8 Å². The molecule has 2 rings (SSSR count). The van der Waals surface area contributed by atoms with E-state index >= 15 is 0 Å². The van der Waals surface area contributed by atoms with Crippen molar-refractivity contribution in [2.75, 3.05) is 25.5 Å². The van der Waals surface area contributed by atoms with E-state index in [1.807, 2.05) is 43.1 Å². The monoisotopic (exact) mass is 283 g/mol. The van der Waals surface area contributed by atoms with Crippen LogP contribution in [-0.2, 0) is 0 Å². The minimum atomic E-state index is -0.00111. The van der Waals surface area contributed by atoms with E-state index in [1.165, 1.54) is 5.56 Å². The highest BCUT2D eigenvalue weighted by atomic mass is 35.5. The fourth-order valence-corrected chi connectivity index (χ4v) is 2.24. The zero-order valence-electron chi connectivity index (χ0n) is 11.5. The predicted octanol–water partition coefficient (Wildman–Crippen LogP) is 2.63. The Kier molecular flexibility index (Phi) is 6.12. The van der Waals surface area contributed by atoms with Gasteiger partial charge in [0.25, 0.3) is 0 Å². The Morgan fingerprint density at radius 2 is 2.00 bits per heavy atom. The summed E-state index contributed by atoms with van der Waals surface area (Å²) < 4.78 is 0. The van der Waals surface area contributed by atoms with Crippen LogP contribution in [0.3, 0.4) is 0 Å². The maximum absolute atomic E-state index is 12.1. The van der Waals surface area contributed by atoms with Gasteiger partial charge in [0.05, 0.1) is 0 Å². The number of urea groups is 1. The van der Waals surface area contributed by atoms with Gasteiger partial charge in [-0.05, 0) is 38.9 Å². The Hall–Kier alpha value is -1.26. The van der Waals surface area contributed by atoms with Gasteiger partial charge in [-0.15, -0.1) is 12.4 Å². The number of nitrogens with one attached hydrogen (secondary N) is 2. The predicted molar refractivity (Wildman–Crippen MR) is 81.1 cm³/mol. The second-order valence-electron chi connectivity index (χ2n) is 4.87. The molecule has 5 heteroatoms. The Bertz CT molecular complexity index is 408. The molecule has 1 atom stereocenters. The van der Waals surface area contributed by atoms with Crippen LogP contribution in [0.5, 0.6) is 0 Å². The summed E-state index contributed by atoms with van der Waals surface area (Å²) >= 11 is 0. The maximum Gasteiger partial charge on any atom is 0.321 e. The van der Waals surface area contributed by atoms with Crippen LogP contribution in [0.25, 0.3) is 0 Å². The molecule has 0 aromatic heterocycles. The lowest BCUT2D eigenvalue weighted by Gasteiger charge is -2.32. The van der Waals surface area contributed by atoms with Crippen molar-refractivity contribution in [1.82, 2.24) is 10.2 Å². The Morgan fingerprint density at radius 1 is 1.32 bits per heavy atom. The molecule has 0 spiro atoms. The number of amides is 2. The Balaban J connectivity index is 0.00000180. The third-order valence-corrected chi connectivity index (χ3v) is 3.42. The molecular weight excluding hydrogens is 262 g/mol. The van der Waals surface area contributed by atoms with Crippen molar-refractivity contribution in [2.24, 2.45) is 0 Å². The molecule has 1 aromatic rings. The average Bonchev–Trinajstić information content (AvgIpc) is 2.41. The quantitative estimate of drug-likeness (QED) is 0.876. The fourth-order valence-electron chi connectivity index (χ4n) is 2.24. The van der Waals surface area contributed by atoms with Gasteiger partial charge < -0.3 is 15.5 Å². The number of likely N-dealkylation sites (N-methyl/N-ethyl adjacent to an activating group) is 1. The van der Waals surface area contributed by atoms with Crippen molar-refractivity contribution in [1.29, 1.82) is 0 Å². The molecule has 1 heterocycles. The molecule has 1 aromatic carbocycles. The van der Waals surface area contributed by atoms with Crippen LogP contribution in [0.15, 0.2) is 24.3 Å². The van der Waals surface area contributed by atoms with E-state index in [9.17, 15) is 4.79 Å². The van der Waals surface area contributed by atoms with E-state index in [-0.39, 0.29) is 18.4 Å². The van der Waals surface area contributed by atoms with Crippen LogP contribution in [0.1, 0.15) is 18.4 Å². The van der Waals surface area contributed by atoms with Crippen molar-refractivity contribution in [3.63, 3.8) is 0 Å². The number of likely N-dealkylation sites (tertiary alicyclic amines) is 1. The van der Waals surface area contributed by atoms with Crippen LogP contribution in [-0.4, -0.2) is 37.1 Å². The molecule has 0 saturated carbocycles. The third-order valence-electron chi connectivity index (χ3n) is 3.42. The summed E-state index contributed by atoms with van der Waals surface area (Å²) in [5.41, 5.74) is 2.05. The van der Waals surface area contributed by atoms with Gasteiger partial charge in [-0.1, -0.05) is 17.7 Å². The van der Waals surface area contributed by atoms with Gasteiger partial charge in [0.2, 0.25) is 0 Å². The number of nitrogens with zero attached hydrogens (tertiary/aromatic N) is 1. The van der Waals surface area contributed by atoms with Crippen LogP contribution in [0.4, 0.5) is 10.5 Å². The molecule has 1 fully saturated rings. The van der Waals surface area contributed by atoms with Crippen molar-refractivity contribution < 1.29 is 4.79 Å². The summed E-state index contributed by atoms with van der Waals surface area (Å²) in [7, 11) is 1.95. The smallest absolute Gasteiger partial charge is 0.321 e. The second kappa shape index (κ2) is 7.36. The number of anilines is 1. The van der Waals surface area contributed by atoms with Gasteiger partial charge in [0.1, 0.15) is 0 Å². The first-order chi connectivity index (χ1) is 8.69. The molecular formula is C14H22ClN3O. The molecule has 0 radical (unpaired) electrons. The molecule has 1 aliphatic heterocycles. The van der Waals surface area contributed by atoms with Crippen LogP contribution in [0, 0.1) is 6.92 Å². The van der Waals surface area contributed by atoms with E-state index in [0.29, 0.717) is 6.04 Å². The number of aryl methyl sites for hydroxylation is 1. The number of hydrogen-bond donors (Lipinski definition) is 2. The van der Waals surface area contributed by atoms with E-state index in [0.717, 1.165) is 31.6 Å². The number of rotatable bonds is 2. The molecule has 0 bridgehead atoms. The Morgan fingerprint density at radius 3 is 2.63 bits per heavy atom. The van der Waals surface area contributed by atoms with Crippen molar-refractivity contribution in [3.05, 3.63) is 29.8 Å². The van der Waals surface area contributed by atoms with Crippen LogP contribution < -0.4 is 10.6 Å². The lowest BCUT2D eigenvalue weighted by molar-refractivity contribution is 0.187. The SMILES string of the molecule is CN[C@@H]1CCCN(C(=O)Nc2ccc(C)cc2)C1.Cl. The highest BCUT2D eigenvalue weighted by Crippen LogP contribution is 2.13. The minimum Gasteiger partial charge on any atom is -0.323 e. The van der Waals surface area contributed by atoms with Crippen molar-refractivity contribution in [3.8, 4) is 0 Å². The zero-order valence-corrected chi connectivity index (χ0v) is 12.3. The average molecular weight is 284 g/mol. The van der Waals surface area contributed by atoms with E-state index in [4.69, 9.17) is 0 Å². The summed E-state index contributed by atoms with van der Waals surface area (Å²) in [6.07, 6.45) is 2.21. The minimum absolute atomic E-state index is 0. The third kappa shape index (κ3) is 4.40. The van der Waals surface area contributed by atoms with E-state index in [1.54, 1.807) is 0 Å². The first kappa shape index (κ1) is 15.8. The summed E-state index contributed by atoms with van der Waals surface area (Å²) in [5.74, 6) is 0. The number of carbonyl (C=O) groups is 1. The summed E-state index contributed by atoms with van der Waals surface area (Å²) in [4.78, 5) is 14.0. The first-order valence-corrected chi connectivity index (χ1v) is 6.49. The van der Waals surface area contributed by atoms with Crippen LogP contribution >= 0.6 is 12.4 Å². The molecule has 0 unspecified atom stereocenters. The zero-order chi connectivity index (χ0) is 13.0. The van der Waals surface area contributed by atoms with Gasteiger partial charge in [-0.25, -0.2) is 4.79 Å². The Labute approximate surface area is 121 Å². The molecule has 106 valence electrons. The maximum atomic E-state index is 12.1. The van der Waals surface area contributed by atoms with E-state index < -0.39 is 0 Å². The molecule has 4 nitrogen and oxygen atoms in total. The van der Waals surface area contributed by atoms with Gasteiger partial charge >= 0.3 is 6.03 Å². The summed E-state index contributed by atoms with van der Waals surface area (Å²) in [6, 6.07) is 8.30. The van der Waals surface area contributed by atoms with Gasteiger partial charge in [-0.3, -0.25) is 0 Å². The highest BCUT2D eigenvalue weighted by Gasteiger charge is 2.22.